The van der Waals surface area contributed by atoms with Gasteiger partial charge >= 0.3 is 6.16 Å². The van der Waals surface area contributed by atoms with Crippen LogP contribution in [0.1, 0.15) is 6.42 Å². The van der Waals surface area contributed by atoms with Crippen LogP contribution in [0.3, 0.4) is 0 Å². The number of carbonyl (C=O) groups excluding carboxylic acids is 1. The summed E-state index contributed by atoms with van der Waals surface area (Å²) in [5, 5.41) is 16.5. The monoisotopic (exact) mass is 166 g/mol. The van der Waals surface area contributed by atoms with E-state index in [1.807, 2.05) is 0 Å². The fraction of sp³-hybridized carbons (Fsp3) is 0.286. The fourth-order valence-corrected chi connectivity index (χ4v) is 0.409. The van der Waals surface area contributed by atoms with Gasteiger partial charge in [0.25, 0.3) is 0 Å². The second kappa shape index (κ2) is 5.75. The van der Waals surface area contributed by atoms with Gasteiger partial charge < -0.3 is 9.47 Å². The van der Waals surface area contributed by atoms with Crippen molar-refractivity contribution in [3.05, 3.63) is 12.8 Å². The maximum atomic E-state index is 10.5. The average Bonchev–Trinajstić information content (AvgIpc) is 2.04. The van der Waals surface area contributed by atoms with E-state index in [9.17, 15) is 4.79 Å². The SMILES string of the molecule is C=COC(=O)OC(C#N)CC#N. The molecule has 5 heteroatoms. The first-order valence-corrected chi connectivity index (χ1v) is 2.99. The van der Waals surface area contributed by atoms with E-state index in [1.165, 1.54) is 0 Å². The van der Waals surface area contributed by atoms with Crippen LogP contribution in [-0.4, -0.2) is 12.3 Å². The van der Waals surface area contributed by atoms with Crippen LogP contribution in [0.25, 0.3) is 0 Å². The van der Waals surface area contributed by atoms with Crippen molar-refractivity contribution >= 4 is 6.16 Å². The molecule has 0 aliphatic rings. The number of carbonyl (C=O) groups is 1. The first-order valence-electron chi connectivity index (χ1n) is 2.99. The third kappa shape index (κ3) is 3.91. The Hall–Kier alpha value is -2.01. The lowest BCUT2D eigenvalue weighted by molar-refractivity contribution is 0.0671. The van der Waals surface area contributed by atoms with Gasteiger partial charge in [-0.25, -0.2) is 4.79 Å². The Labute approximate surface area is 69.4 Å². The highest BCUT2D eigenvalue weighted by atomic mass is 16.7. The number of rotatable bonds is 3. The summed E-state index contributed by atoms with van der Waals surface area (Å²) in [6, 6.07) is 3.30. The predicted molar refractivity (Wildman–Crippen MR) is 37.4 cm³/mol. The first-order chi connectivity index (χ1) is 5.74. The van der Waals surface area contributed by atoms with Crippen molar-refractivity contribution in [1.29, 1.82) is 10.5 Å². The maximum Gasteiger partial charge on any atom is 0.514 e. The zero-order chi connectivity index (χ0) is 9.40. The van der Waals surface area contributed by atoms with Gasteiger partial charge in [-0.2, -0.15) is 10.5 Å². The van der Waals surface area contributed by atoms with Crippen molar-refractivity contribution in [3.8, 4) is 12.1 Å². The number of hydrogen-bond acceptors (Lipinski definition) is 5. The van der Waals surface area contributed by atoms with Crippen LogP contribution in [0, 0.1) is 22.7 Å². The molecule has 62 valence electrons. The smallest absolute Gasteiger partial charge is 0.414 e. The Morgan fingerprint density at radius 3 is 2.75 bits per heavy atom. The number of ether oxygens (including phenoxy) is 2. The summed E-state index contributed by atoms with van der Waals surface area (Å²) in [5.41, 5.74) is 0. The molecule has 0 aromatic heterocycles. The Kier molecular flexibility index (Phi) is 4.79. The molecule has 0 heterocycles. The lowest BCUT2D eigenvalue weighted by atomic mass is 10.3. The normalized spacial score (nSPS) is 10.2. The first kappa shape index (κ1) is 9.99. The average molecular weight is 166 g/mol. The Bertz CT molecular complexity index is 248. The molecule has 0 aliphatic carbocycles. The van der Waals surface area contributed by atoms with Crippen molar-refractivity contribution in [1.82, 2.24) is 0 Å². The number of nitriles is 2. The number of hydrogen-bond donors (Lipinski definition) is 0. The highest BCUT2D eigenvalue weighted by Crippen LogP contribution is 1.98. The fourth-order valence-electron chi connectivity index (χ4n) is 0.409. The molecule has 0 saturated carbocycles. The van der Waals surface area contributed by atoms with E-state index >= 15 is 0 Å². The van der Waals surface area contributed by atoms with Crippen LogP contribution in [0.4, 0.5) is 4.79 Å². The van der Waals surface area contributed by atoms with Crippen LogP contribution in [0.2, 0.25) is 0 Å². The van der Waals surface area contributed by atoms with Gasteiger partial charge in [0.1, 0.15) is 6.07 Å². The lowest BCUT2D eigenvalue weighted by Crippen LogP contribution is -2.15. The minimum Gasteiger partial charge on any atom is -0.414 e. The molecule has 0 radical (unpaired) electrons. The molecule has 0 aromatic carbocycles. The summed E-state index contributed by atoms with van der Waals surface area (Å²) >= 11 is 0. The van der Waals surface area contributed by atoms with Crippen LogP contribution in [-0.2, 0) is 9.47 Å². The van der Waals surface area contributed by atoms with Gasteiger partial charge in [-0.3, -0.25) is 0 Å². The van der Waals surface area contributed by atoms with Crippen LogP contribution >= 0.6 is 0 Å². The van der Waals surface area contributed by atoms with Gasteiger partial charge in [0, 0.05) is 0 Å². The molecule has 0 saturated heterocycles. The third-order valence-electron chi connectivity index (χ3n) is 0.839. The Morgan fingerprint density at radius 1 is 1.67 bits per heavy atom. The van der Waals surface area contributed by atoms with E-state index < -0.39 is 12.3 Å². The van der Waals surface area contributed by atoms with Gasteiger partial charge in [0.15, 0.2) is 0 Å². The highest BCUT2D eigenvalue weighted by molar-refractivity contribution is 5.61. The molecular weight excluding hydrogens is 160 g/mol. The summed E-state index contributed by atoms with van der Waals surface area (Å²) in [6.45, 7) is 3.11. The van der Waals surface area contributed by atoms with E-state index in [0.29, 0.717) is 0 Å². The van der Waals surface area contributed by atoms with Gasteiger partial charge in [-0.1, -0.05) is 6.58 Å². The van der Waals surface area contributed by atoms with Gasteiger partial charge in [0.2, 0.25) is 6.10 Å². The van der Waals surface area contributed by atoms with Crippen molar-refractivity contribution in [3.63, 3.8) is 0 Å². The molecular formula is C7H6N2O3. The lowest BCUT2D eigenvalue weighted by Gasteiger charge is -2.04. The Morgan fingerprint density at radius 2 is 2.33 bits per heavy atom. The van der Waals surface area contributed by atoms with Gasteiger partial charge in [-0.05, 0) is 0 Å². The van der Waals surface area contributed by atoms with Crippen molar-refractivity contribution in [2.45, 2.75) is 12.5 Å². The predicted octanol–water partition coefficient (Wildman–Crippen LogP) is 1.09. The number of nitrogens with zero attached hydrogens (tertiary/aromatic N) is 2. The molecule has 5 nitrogen and oxygen atoms in total. The minimum atomic E-state index is -1.08. The molecule has 0 N–H and O–H groups in total. The molecule has 12 heavy (non-hydrogen) atoms. The second-order valence-electron chi connectivity index (χ2n) is 1.63. The minimum absolute atomic E-state index is 0.178. The molecule has 0 amide bonds. The van der Waals surface area contributed by atoms with E-state index in [0.717, 1.165) is 6.26 Å². The summed E-state index contributed by atoms with van der Waals surface area (Å²) in [4.78, 5) is 10.5. The van der Waals surface area contributed by atoms with E-state index in [2.05, 4.69) is 16.1 Å². The van der Waals surface area contributed by atoms with Crippen LogP contribution in [0.15, 0.2) is 12.8 Å². The zero-order valence-electron chi connectivity index (χ0n) is 6.19. The molecule has 0 rings (SSSR count). The highest BCUT2D eigenvalue weighted by Gasteiger charge is 2.12. The summed E-state index contributed by atoms with van der Waals surface area (Å²) in [6.07, 6.45) is -1.42. The largest absolute Gasteiger partial charge is 0.514 e. The maximum absolute atomic E-state index is 10.5. The van der Waals surface area contributed by atoms with Crippen molar-refractivity contribution < 1.29 is 14.3 Å². The molecule has 0 spiro atoms. The van der Waals surface area contributed by atoms with Crippen LogP contribution < -0.4 is 0 Å². The van der Waals surface area contributed by atoms with Crippen molar-refractivity contribution in [2.24, 2.45) is 0 Å². The Balaban J connectivity index is 3.88. The quantitative estimate of drug-likeness (QED) is 0.462. The topological polar surface area (TPSA) is 83.1 Å². The summed E-state index contributed by atoms with van der Waals surface area (Å²) < 4.78 is 8.53. The third-order valence-corrected chi connectivity index (χ3v) is 0.839. The van der Waals surface area contributed by atoms with Crippen molar-refractivity contribution in [2.75, 3.05) is 0 Å². The molecule has 0 aliphatic heterocycles. The van der Waals surface area contributed by atoms with Gasteiger partial charge in [-0.15, -0.1) is 0 Å². The molecule has 0 aromatic rings. The van der Waals surface area contributed by atoms with Gasteiger partial charge in [0.05, 0.1) is 18.8 Å². The second-order valence-corrected chi connectivity index (χ2v) is 1.63. The summed E-state index contributed by atoms with van der Waals surface area (Å²) in [5.74, 6) is 0. The molecule has 0 fully saturated rings. The molecule has 1 atom stereocenters. The van der Waals surface area contributed by atoms with E-state index in [1.54, 1.807) is 12.1 Å². The zero-order valence-corrected chi connectivity index (χ0v) is 6.19. The van der Waals surface area contributed by atoms with Crippen LogP contribution in [0.5, 0.6) is 0 Å². The van der Waals surface area contributed by atoms with E-state index in [4.69, 9.17) is 10.5 Å². The van der Waals surface area contributed by atoms with E-state index in [-0.39, 0.29) is 6.42 Å². The molecule has 0 bridgehead atoms. The summed E-state index contributed by atoms with van der Waals surface area (Å²) in [7, 11) is 0. The standard InChI is InChI=1S/C7H6N2O3/c1-2-11-7(10)12-6(5-9)3-4-8/h2,6H,1,3H2. The molecule has 1 unspecified atom stereocenters.